The first-order valence-electron chi connectivity index (χ1n) is 6.29. The molecule has 1 fully saturated rings. The largest absolute Gasteiger partial charge is 0.380 e. The number of benzene rings is 1. The van der Waals surface area contributed by atoms with Gasteiger partial charge in [-0.05, 0) is 56.0 Å². The molecule has 0 radical (unpaired) electrons. The second-order valence-corrected chi connectivity index (χ2v) is 5.31. The third kappa shape index (κ3) is 3.22. The van der Waals surface area contributed by atoms with Crippen molar-refractivity contribution < 1.29 is 9.13 Å². The Hall–Kier alpha value is -0.640. The summed E-state index contributed by atoms with van der Waals surface area (Å²) in [4.78, 5) is 0. The van der Waals surface area contributed by atoms with E-state index in [1.165, 1.54) is 18.9 Å². The van der Waals surface area contributed by atoms with Gasteiger partial charge in [-0.2, -0.15) is 0 Å². The molecule has 2 atom stereocenters. The molecule has 0 bridgehead atoms. The molecule has 100 valence electrons. The van der Waals surface area contributed by atoms with Gasteiger partial charge in [0.1, 0.15) is 5.82 Å². The average Bonchev–Trinajstić information content (AvgIpc) is 3.17. The Bertz CT molecular complexity index is 409. The Kier molecular flexibility index (Phi) is 4.60. The first-order valence-corrected chi connectivity index (χ1v) is 6.67. The van der Waals surface area contributed by atoms with Crippen LogP contribution in [0.4, 0.5) is 4.39 Å². The minimum absolute atomic E-state index is 0.121. The number of hydrogen-bond acceptors (Lipinski definition) is 2. The molecule has 0 amide bonds. The minimum Gasteiger partial charge on any atom is -0.380 e. The molecule has 2 unspecified atom stereocenters. The van der Waals surface area contributed by atoms with Gasteiger partial charge in [-0.1, -0.05) is 11.6 Å². The van der Waals surface area contributed by atoms with Crippen molar-refractivity contribution in [3.8, 4) is 0 Å². The first kappa shape index (κ1) is 13.8. The van der Waals surface area contributed by atoms with Gasteiger partial charge in [-0.25, -0.2) is 4.39 Å². The summed E-state index contributed by atoms with van der Waals surface area (Å²) in [6.07, 6.45) is 3.15. The summed E-state index contributed by atoms with van der Waals surface area (Å²) in [5.41, 5.74) is 0.643. The zero-order chi connectivity index (χ0) is 13.1. The summed E-state index contributed by atoms with van der Waals surface area (Å²) in [5.74, 6) is 0.403. The second-order valence-electron chi connectivity index (χ2n) is 4.87. The van der Waals surface area contributed by atoms with Crippen molar-refractivity contribution in [2.24, 2.45) is 5.92 Å². The molecule has 1 aliphatic carbocycles. The van der Waals surface area contributed by atoms with Gasteiger partial charge in [-0.3, -0.25) is 0 Å². The van der Waals surface area contributed by atoms with Gasteiger partial charge in [0.2, 0.25) is 0 Å². The van der Waals surface area contributed by atoms with Crippen LogP contribution in [0.25, 0.3) is 0 Å². The molecular weight excluding hydrogens is 253 g/mol. The highest BCUT2D eigenvalue weighted by Crippen LogP contribution is 2.36. The van der Waals surface area contributed by atoms with E-state index in [9.17, 15) is 4.39 Å². The summed E-state index contributed by atoms with van der Waals surface area (Å²) in [6.45, 7) is 0. The van der Waals surface area contributed by atoms with Crippen molar-refractivity contribution in [1.82, 2.24) is 5.32 Å². The lowest BCUT2D eigenvalue weighted by Gasteiger charge is -2.26. The maximum absolute atomic E-state index is 13.7. The molecular formula is C14H19ClFNO. The molecule has 4 heteroatoms. The monoisotopic (exact) mass is 271 g/mol. The van der Waals surface area contributed by atoms with Gasteiger partial charge >= 0.3 is 0 Å². The molecule has 2 rings (SSSR count). The first-order chi connectivity index (χ1) is 8.65. The maximum atomic E-state index is 13.7. The fourth-order valence-corrected chi connectivity index (χ4v) is 2.62. The topological polar surface area (TPSA) is 21.3 Å². The Morgan fingerprint density at radius 1 is 1.50 bits per heavy atom. The van der Waals surface area contributed by atoms with Crippen molar-refractivity contribution >= 4 is 11.6 Å². The van der Waals surface area contributed by atoms with E-state index in [2.05, 4.69) is 5.32 Å². The predicted molar refractivity (Wildman–Crippen MR) is 71.5 cm³/mol. The molecule has 2 nitrogen and oxygen atoms in total. The van der Waals surface area contributed by atoms with Gasteiger partial charge in [0, 0.05) is 18.2 Å². The number of halogens is 2. The van der Waals surface area contributed by atoms with Crippen LogP contribution >= 0.6 is 11.6 Å². The van der Waals surface area contributed by atoms with E-state index in [4.69, 9.17) is 16.3 Å². The van der Waals surface area contributed by atoms with Crippen molar-refractivity contribution in [2.75, 3.05) is 14.2 Å². The third-order valence-corrected chi connectivity index (χ3v) is 3.81. The molecule has 18 heavy (non-hydrogen) atoms. The van der Waals surface area contributed by atoms with Crippen LogP contribution in [0, 0.1) is 11.7 Å². The lowest BCUT2D eigenvalue weighted by atomic mass is 9.98. The average molecular weight is 272 g/mol. The molecule has 1 aliphatic rings. The molecule has 1 aromatic carbocycles. The van der Waals surface area contributed by atoms with E-state index in [0.29, 0.717) is 22.9 Å². The Labute approximate surface area is 112 Å². The molecule has 0 spiro atoms. The minimum atomic E-state index is -0.203. The number of rotatable bonds is 6. The predicted octanol–water partition coefficient (Wildman–Crippen LogP) is 3.03. The van der Waals surface area contributed by atoms with Crippen LogP contribution in [-0.2, 0) is 11.2 Å². The highest BCUT2D eigenvalue weighted by atomic mass is 35.5. The van der Waals surface area contributed by atoms with Crippen LogP contribution in [0.15, 0.2) is 18.2 Å². The molecule has 1 aromatic rings. The van der Waals surface area contributed by atoms with Gasteiger partial charge < -0.3 is 10.1 Å². The smallest absolute Gasteiger partial charge is 0.126 e. The van der Waals surface area contributed by atoms with E-state index in [-0.39, 0.29) is 18.0 Å². The third-order valence-electron chi connectivity index (χ3n) is 3.57. The lowest BCUT2D eigenvalue weighted by Crippen LogP contribution is -2.42. The fourth-order valence-electron chi connectivity index (χ4n) is 2.43. The van der Waals surface area contributed by atoms with E-state index < -0.39 is 0 Å². The summed E-state index contributed by atoms with van der Waals surface area (Å²) >= 11 is 5.91. The number of hydrogen-bond donors (Lipinski definition) is 1. The number of likely N-dealkylation sites (N-methyl/N-ethyl adjacent to an activating group) is 1. The summed E-state index contributed by atoms with van der Waals surface area (Å²) in [6, 6.07) is 4.81. The Balaban J connectivity index is 2.11. The normalized spacial score (nSPS) is 18.7. The SMILES string of the molecule is CNC(Cc1cc(Cl)ccc1F)C(OC)C1CC1. The van der Waals surface area contributed by atoms with Crippen LogP contribution < -0.4 is 5.32 Å². The van der Waals surface area contributed by atoms with Crippen molar-refractivity contribution in [3.63, 3.8) is 0 Å². The van der Waals surface area contributed by atoms with Crippen molar-refractivity contribution in [2.45, 2.75) is 31.4 Å². The fraction of sp³-hybridized carbons (Fsp3) is 0.571. The van der Waals surface area contributed by atoms with Crippen molar-refractivity contribution in [1.29, 1.82) is 0 Å². The van der Waals surface area contributed by atoms with Gasteiger partial charge in [0.05, 0.1) is 6.10 Å². The highest BCUT2D eigenvalue weighted by molar-refractivity contribution is 6.30. The van der Waals surface area contributed by atoms with E-state index in [0.717, 1.165) is 0 Å². The van der Waals surface area contributed by atoms with Crippen LogP contribution in [0.3, 0.4) is 0 Å². The molecule has 0 heterocycles. The molecule has 0 aromatic heterocycles. The van der Waals surface area contributed by atoms with Crippen LogP contribution in [-0.4, -0.2) is 26.3 Å². The number of ether oxygens (including phenoxy) is 1. The molecule has 0 aliphatic heterocycles. The summed E-state index contributed by atoms with van der Waals surface area (Å²) in [7, 11) is 3.61. The highest BCUT2D eigenvalue weighted by Gasteiger charge is 2.36. The van der Waals surface area contributed by atoms with Gasteiger partial charge in [-0.15, -0.1) is 0 Å². The summed E-state index contributed by atoms with van der Waals surface area (Å²) in [5, 5.41) is 3.81. The van der Waals surface area contributed by atoms with Crippen LogP contribution in [0.5, 0.6) is 0 Å². The standard InChI is InChI=1S/C14H19ClFNO/c1-17-13(14(18-2)9-3-4-9)8-10-7-11(15)5-6-12(10)16/h5-7,9,13-14,17H,3-4,8H2,1-2H3. The molecule has 1 saturated carbocycles. The molecule has 1 N–H and O–H groups in total. The zero-order valence-corrected chi connectivity index (χ0v) is 11.5. The van der Waals surface area contributed by atoms with Crippen LogP contribution in [0.1, 0.15) is 18.4 Å². The molecule has 0 saturated heterocycles. The Morgan fingerprint density at radius 2 is 2.22 bits per heavy atom. The van der Waals surface area contributed by atoms with E-state index in [1.54, 1.807) is 19.2 Å². The second kappa shape index (κ2) is 6.00. The Morgan fingerprint density at radius 3 is 2.78 bits per heavy atom. The van der Waals surface area contributed by atoms with Crippen LogP contribution in [0.2, 0.25) is 5.02 Å². The van der Waals surface area contributed by atoms with Crippen molar-refractivity contribution in [3.05, 3.63) is 34.6 Å². The van der Waals surface area contributed by atoms with E-state index in [1.807, 2.05) is 7.05 Å². The number of nitrogens with one attached hydrogen (secondary N) is 1. The van der Waals surface area contributed by atoms with E-state index >= 15 is 0 Å². The zero-order valence-electron chi connectivity index (χ0n) is 10.7. The van der Waals surface area contributed by atoms with Gasteiger partial charge in [0.25, 0.3) is 0 Å². The van der Waals surface area contributed by atoms with Gasteiger partial charge in [0.15, 0.2) is 0 Å². The maximum Gasteiger partial charge on any atom is 0.126 e. The quantitative estimate of drug-likeness (QED) is 0.859. The summed E-state index contributed by atoms with van der Waals surface area (Å²) < 4.78 is 19.3. The lowest BCUT2D eigenvalue weighted by molar-refractivity contribution is 0.0532. The number of methoxy groups -OCH3 is 1.